The largest absolute Gasteiger partial charge is 0.481 e. The van der Waals surface area contributed by atoms with E-state index in [1.54, 1.807) is 0 Å². The molecule has 6 heteroatoms. The highest BCUT2D eigenvalue weighted by atomic mass is 16.5. The van der Waals surface area contributed by atoms with Gasteiger partial charge in [-0.2, -0.15) is 0 Å². The van der Waals surface area contributed by atoms with Crippen molar-refractivity contribution < 1.29 is 19.2 Å². The van der Waals surface area contributed by atoms with E-state index in [0.29, 0.717) is 25.3 Å². The molecule has 0 bridgehead atoms. The van der Waals surface area contributed by atoms with Gasteiger partial charge in [-0.1, -0.05) is 5.16 Å². The molecule has 1 unspecified atom stereocenters. The molecule has 1 saturated heterocycles. The van der Waals surface area contributed by atoms with Crippen molar-refractivity contribution in [2.24, 2.45) is 11.3 Å². The molecule has 6 nitrogen and oxygen atoms in total. The number of carbonyl (C=O) groups excluding carboxylic acids is 1. The lowest BCUT2D eigenvalue weighted by Gasteiger charge is -2.32. The summed E-state index contributed by atoms with van der Waals surface area (Å²) in [6.07, 6.45) is 2.69. The Kier molecular flexibility index (Phi) is 3.26. The highest BCUT2D eigenvalue weighted by Gasteiger charge is 2.59. The maximum absolute atomic E-state index is 12.4. The standard InChI is InChI=1S/C15H20N2O4/c1-9-11(10(2)21-16-9)7-13(18)17-5-3-15(4-6-17)8-12(15)14(19)20/h12H,3-8H2,1-2H3,(H,19,20). The monoisotopic (exact) mass is 292 g/mol. The van der Waals surface area contributed by atoms with Gasteiger partial charge in [-0.05, 0) is 38.5 Å². The minimum Gasteiger partial charge on any atom is -0.481 e. The lowest BCUT2D eigenvalue weighted by molar-refractivity contribution is -0.139. The first kappa shape index (κ1) is 14.1. The first-order chi connectivity index (χ1) is 9.93. The zero-order chi connectivity index (χ0) is 15.2. The summed E-state index contributed by atoms with van der Waals surface area (Å²) in [5, 5.41) is 12.9. The Bertz CT molecular complexity index is 565. The van der Waals surface area contributed by atoms with Crippen molar-refractivity contribution in [3.05, 3.63) is 17.0 Å². The Balaban J connectivity index is 1.58. The molecule has 1 amide bonds. The summed E-state index contributed by atoms with van der Waals surface area (Å²) in [6, 6.07) is 0. The fourth-order valence-corrected chi connectivity index (χ4v) is 3.47. The molecule has 1 aliphatic heterocycles. The Hall–Kier alpha value is -1.85. The summed E-state index contributed by atoms with van der Waals surface area (Å²) in [5.41, 5.74) is 1.60. The number of aryl methyl sites for hydroxylation is 2. The maximum Gasteiger partial charge on any atom is 0.307 e. The number of rotatable bonds is 3. The van der Waals surface area contributed by atoms with Crippen LogP contribution >= 0.6 is 0 Å². The Morgan fingerprint density at radius 2 is 2.05 bits per heavy atom. The molecule has 1 saturated carbocycles. The number of carboxylic acids is 1. The third-order valence-corrected chi connectivity index (χ3v) is 5.11. The van der Waals surface area contributed by atoms with Gasteiger partial charge in [0.15, 0.2) is 0 Å². The van der Waals surface area contributed by atoms with Gasteiger partial charge in [-0.15, -0.1) is 0 Å². The minimum atomic E-state index is -0.689. The van der Waals surface area contributed by atoms with Crippen LogP contribution in [0.3, 0.4) is 0 Å². The summed E-state index contributed by atoms with van der Waals surface area (Å²) in [4.78, 5) is 25.2. The van der Waals surface area contributed by atoms with Gasteiger partial charge >= 0.3 is 5.97 Å². The van der Waals surface area contributed by atoms with E-state index < -0.39 is 5.97 Å². The van der Waals surface area contributed by atoms with E-state index in [9.17, 15) is 9.59 Å². The number of hydrogen-bond donors (Lipinski definition) is 1. The van der Waals surface area contributed by atoms with Crippen LogP contribution in [0.25, 0.3) is 0 Å². The third kappa shape index (κ3) is 2.43. The molecule has 1 atom stereocenters. The van der Waals surface area contributed by atoms with Crippen LogP contribution in [0.4, 0.5) is 0 Å². The number of aliphatic carboxylic acids is 1. The van der Waals surface area contributed by atoms with Crippen molar-refractivity contribution in [2.45, 2.75) is 39.5 Å². The molecule has 0 aromatic carbocycles. The van der Waals surface area contributed by atoms with E-state index in [1.807, 2.05) is 18.7 Å². The lowest BCUT2D eigenvalue weighted by atomic mass is 9.90. The highest BCUT2D eigenvalue weighted by molar-refractivity contribution is 5.79. The van der Waals surface area contributed by atoms with Gasteiger partial charge in [0.2, 0.25) is 5.91 Å². The molecular weight excluding hydrogens is 272 g/mol. The number of piperidine rings is 1. The molecule has 114 valence electrons. The molecular formula is C15H20N2O4. The van der Waals surface area contributed by atoms with Gasteiger partial charge in [0.05, 0.1) is 18.0 Å². The van der Waals surface area contributed by atoms with Crippen molar-refractivity contribution in [1.29, 1.82) is 0 Å². The van der Waals surface area contributed by atoms with Crippen LogP contribution in [0.15, 0.2) is 4.52 Å². The third-order valence-electron chi connectivity index (χ3n) is 5.11. The Labute approximate surface area is 123 Å². The SMILES string of the molecule is Cc1noc(C)c1CC(=O)N1CCC2(CC1)CC2C(=O)O. The van der Waals surface area contributed by atoms with Crippen LogP contribution in [0.1, 0.15) is 36.3 Å². The van der Waals surface area contributed by atoms with Gasteiger partial charge in [0.1, 0.15) is 5.76 Å². The molecule has 0 radical (unpaired) electrons. The number of likely N-dealkylation sites (tertiary alicyclic amines) is 1. The van der Waals surface area contributed by atoms with E-state index in [4.69, 9.17) is 9.63 Å². The Morgan fingerprint density at radius 1 is 1.38 bits per heavy atom. The second-order valence-electron chi connectivity index (χ2n) is 6.32. The summed E-state index contributed by atoms with van der Waals surface area (Å²) >= 11 is 0. The molecule has 1 spiro atoms. The van der Waals surface area contributed by atoms with Crippen molar-refractivity contribution in [3.8, 4) is 0 Å². The van der Waals surface area contributed by atoms with Gasteiger partial charge in [0.25, 0.3) is 0 Å². The Morgan fingerprint density at radius 3 is 2.52 bits per heavy atom. The van der Waals surface area contributed by atoms with Crippen molar-refractivity contribution in [3.63, 3.8) is 0 Å². The average Bonchev–Trinajstić information content (AvgIpc) is 3.07. The number of carboxylic acid groups (broad SMARTS) is 1. The topological polar surface area (TPSA) is 83.6 Å². The highest BCUT2D eigenvalue weighted by Crippen LogP contribution is 2.59. The molecule has 1 aromatic rings. The molecule has 2 aliphatic rings. The van der Waals surface area contributed by atoms with Crippen molar-refractivity contribution in [1.82, 2.24) is 10.1 Å². The number of hydrogen-bond acceptors (Lipinski definition) is 4. The first-order valence-corrected chi connectivity index (χ1v) is 7.35. The smallest absolute Gasteiger partial charge is 0.307 e. The number of carbonyl (C=O) groups is 2. The molecule has 1 aliphatic carbocycles. The van der Waals surface area contributed by atoms with E-state index in [-0.39, 0.29) is 17.2 Å². The van der Waals surface area contributed by atoms with Crippen LogP contribution in [0.2, 0.25) is 0 Å². The molecule has 1 N–H and O–H groups in total. The lowest BCUT2D eigenvalue weighted by Crippen LogP contribution is -2.40. The molecule has 1 aromatic heterocycles. The average molecular weight is 292 g/mol. The fourth-order valence-electron chi connectivity index (χ4n) is 3.47. The van der Waals surface area contributed by atoms with Gasteiger partial charge in [-0.25, -0.2) is 0 Å². The summed E-state index contributed by atoms with van der Waals surface area (Å²) < 4.78 is 5.08. The molecule has 3 rings (SSSR count). The second kappa shape index (κ2) is 4.86. The summed E-state index contributed by atoms with van der Waals surface area (Å²) in [6.45, 7) is 4.97. The first-order valence-electron chi connectivity index (χ1n) is 7.35. The second-order valence-corrected chi connectivity index (χ2v) is 6.32. The molecule has 2 fully saturated rings. The van der Waals surface area contributed by atoms with Crippen LogP contribution in [0, 0.1) is 25.2 Å². The number of aromatic nitrogens is 1. The molecule has 21 heavy (non-hydrogen) atoms. The predicted octanol–water partition coefficient (Wildman–Crippen LogP) is 1.55. The maximum atomic E-state index is 12.4. The quantitative estimate of drug-likeness (QED) is 0.913. The predicted molar refractivity (Wildman–Crippen MR) is 73.7 cm³/mol. The van der Waals surface area contributed by atoms with E-state index in [2.05, 4.69) is 5.16 Å². The van der Waals surface area contributed by atoms with Crippen LogP contribution in [-0.4, -0.2) is 40.1 Å². The normalized spacial score (nSPS) is 23.3. The summed E-state index contributed by atoms with van der Waals surface area (Å²) in [5.74, 6) is -0.114. The zero-order valence-electron chi connectivity index (χ0n) is 12.4. The van der Waals surface area contributed by atoms with Crippen molar-refractivity contribution >= 4 is 11.9 Å². The van der Waals surface area contributed by atoms with Crippen molar-refractivity contribution in [2.75, 3.05) is 13.1 Å². The van der Waals surface area contributed by atoms with E-state index >= 15 is 0 Å². The van der Waals surface area contributed by atoms with Gasteiger partial charge in [0, 0.05) is 18.7 Å². The number of amides is 1. The van der Waals surface area contributed by atoms with Crippen LogP contribution in [-0.2, 0) is 16.0 Å². The van der Waals surface area contributed by atoms with Gasteiger partial charge in [-0.3, -0.25) is 9.59 Å². The van der Waals surface area contributed by atoms with Crippen LogP contribution in [0.5, 0.6) is 0 Å². The minimum absolute atomic E-state index is 0.0361. The zero-order valence-corrected chi connectivity index (χ0v) is 12.4. The fraction of sp³-hybridized carbons (Fsp3) is 0.667. The summed E-state index contributed by atoms with van der Waals surface area (Å²) in [7, 11) is 0. The number of nitrogens with zero attached hydrogens (tertiary/aromatic N) is 2. The van der Waals surface area contributed by atoms with E-state index in [1.165, 1.54) is 0 Å². The van der Waals surface area contributed by atoms with Crippen LogP contribution < -0.4 is 0 Å². The van der Waals surface area contributed by atoms with E-state index in [0.717, 1.165) is 30.5 Å². The molecule has 2 heterocycles. The van der Waals surface area contributed by atoms with Gasteiger partial charge < -0.3 is 14.5 Å².